The molecule has 0 aliphatic heterocycles. The summed E-state index contributed by atoms with van der Waals surface area (Å²) in [5.41, 5.74) is 1.03. The molecular formula is C11H17N5. The zero-order valence-corrected chi connectivity index (χ0v) is 9.74. The molecular weight excluding hydrogens is 202 g/mol. The Balaban J connectivity index is 2.07. The average Bonchev–Trinajstić information content (AvgIpc) is 2.93. The molecule has 0 N–H and O–H groups in total. The lowest BCUT2D eigenvalue weighted by molar-refractivity contribution is 0.423. The third kappa shape index (κ3) is 2.29. The Kier molecular flexibility index (Phi) is 3.34. The van der Waals surface area contributed by atoms with Gasteiger partial charge in [-0.15, -0.1) is 5.10 Å². The molecule has 86 valence electrons. The van der Waals surface area contributed by atoms with Gasteiger partial charge in [0.1, 0.15) is 0 Å². The summed E-state index contributed by atoms with van der Waals surface area (Å²) in [6, 6.07) is 2.55. The fraction of sp³-hybridized carbons (Fsp3) is 0.545. The van der Waals surface area contributed by atoms with Gasteiger partial charge in [0.2, 0.25) is 0 Å². The molecule has 0 bridgehead atoms. The first-order valence-corrected chi connectivity index (χ1v) is 5.71. The van der Waals surface area contributed by atoms with E-state index in [1.807, 2.05) is 23.1 Å². The second kappa shape index (κ2) is 4.92. The topological polar surface area (TPSA) is 48.5 Å². The van der Waals surface area contributed by atoms with Crippen LogP contribution in [0.4, 0.5) is 0 Å². The number of hydrogen-bond acceptors (Lipinski definition) is 3. The molecule has 16 heavy (non-hydrogen) atoms. The molecule has 0 spiro atoms. The molecule has 0 radical (unpaired) electrons. The third-order valence-electron chi connectivity index (χ3n) is 2.78. The maximum atomic E-state index is 4.56. The second-order valence-corrected chi connectivity index (χ2v) is 3.86. The van der Waals surface area contributed by atoms with Gasteiger partial charge in [0.15, 0.2) is 0 Å². The molecule has 2 aromatic heterocycles. The standard InChI is InChI=1S/C11H17N5/c1-3-11(4-2)16-7-5-10(13-16)9-15-8-6-12-14-15/h5-8,11H,3-4,9H2,1-2H3. The van der Waals surface area contributed by atoms with Crippen molar-refractivity contribution in [2.45, 2.75) is 39.3 Å². The Bertz CT molecular complexity index is 413. The first-order chi connectivity index (χ1) is 7.83. The van der Waals surface area contributed by atoms with E-state index in [2.05, 4.69) is 29.3 Å². The quantitative estimate of drug-likeness (QED) is 0.771. The smallest absolute Gasteiger partial charge is 0.0867 e. The average molecular weight is 219 g/mol. The molecule has 0 saturated heterocycles. The molecule has 0 fully saturated rings. The summed E-state index contributed by atoms with van der Waals surface area (Å²) >= 11 is 0. The van der Waals surface area contributed by atoms with Gasteiger partial charge in [0.05, 0.1) is 24.5 Å². The molecule has 0 amide bonds. The number of nitrogens with zero attached hydrogens (tertiary/aromatic N) is 5. The number of hydrogen-bond donors (Lipinski definition) is 0. The van der Waals surface area contributed by atoms with Crippen molar-refractivity contribution in [1.29, 1.82) is 0 Å². The molecule has 0 saturated carbocycles. The molecule has 0 aliphatic rings. The van der Waals surface area contributed by atoms with Crippen LogP contribution >= 0.6 is 0 Å². The van der Waals surface area contributed by atoms with E-state index < -0.39 is 0 Å². The third-order valence-corrected chi connectivity index (χ3v) is 2.78. The minimum absolute atomic E-state index is 0.504. The van der Waals surface area contributed by atoms with Crippen molar-refractivity contribution in [1.82, 2.24) is 24.8 Å². The first kappa shape index (κ1) is 10.9. The molecule has 0 aliphatic carbocycles. The summed E-state index contributed by atoms with van der Waals surface area (Å²) in [6.45, 7) is 5.06. The largest absolute Gasteiger partial charge is 0.269 e. The molecule has 2 aromatic rings. The van der Waals surface area contributed by atoms with E-state index in [4.69, 9.17) is 0 Å². The van der Waals surface area contributed by atoms with Crippen molar-refractivity contribution >= 4 is 0 Å². The highest BCUT2D eigenvalue weighted by Crippen LogP contribution is 2.14. The van der Waals surface area contributed by atoms with Crippen LogP contribution in [-0.2, 0) is 6.54 Å². The maximum absolute atomic E-state index is 4.56. The summed E-state index contributed by atoms with van der Waals surface area (Å²) in [6.07, 6.45) is 7.79. The van der Waals surface area contributed by atoms with Crippen molar-refractivity contribution in [2.24, 2.45) is 0 Å². The van der Waals surface area contributed by atoms with Crippen LogP contribution in [0.15, 0.2) is 24.7 Å². The van der Waals surface area contributed by atoms with Crippen LogP contribution in [0.3, 0.4) is 0 Å². The Morgan fingerprint density at radius 1 is 1.25 bits per heavy atom. The summed E-state index contributed by atoms with van der Waals surface area (Å²) in [5.74, 6) is 0. The molecule has 5 nitrogen and oxygen atoms in total. The van der Waals surface area contributed by atoms with Gasteiger partial charge in [0.25, 0.3) is 0 Å². The van der Waals surface area contributed by atoms with Crippen molar-refractivity contribution < 1.29 is 0 Å². The highest BCUT2D eigenvalue weighted by molar-refractivity contribution is 5.00. The second-order valence-electron chi connectivity index (χ2n) is 3.86. The van der Waals surface area contributed by atoms with Gasteiger partial charge in [-0.25, -0.2) is 4.68 Å². The summed E-state index contributed by atoms with van der Waals surface area (Å²) in [4.78, 5) is 0. The lowest BCUT2D eigenvalue weighted by atomic mass is 10.2. The van der Waals surface area contributed by atoms with E-state index in [9.17, 15) is 0 Å². The van der Waals surface area contributed by atoms with Gasteiger partial charge in [0, 0.05) is 12.4 Å². The molecule has 2 heterocycles. The number of aromatic nitrogens is 5. The Hall–Kier alpha value is -1.65. The fourth-order valence-corrected chi connectivity index (χ4v) is 1.81. The van der Waals surface area contributed by atoms with Gasteiger partial charge in [-0.05, 0) is 18.9 Å². The SMILES string of the molecule is CCC(CC)n1ccc(Cn2ccnn2)n1. The van der Waals surface area contributed by atoms with Crippen LogP contribution in [0.2, 0.25) is 0 Å². The summed E-state index contributed by atoms with van der Waals surface area (Å²) in [5, 5.41) is 12.2. The normalized spacial score (nSPS) is 11.2. The van der Waals surface area contributed by atoms with Gasteiger partial charge in [-0.1, -0.05) is 19.1 Å². The van der Waals surface area contributed by atoms with Crippen LogP contribution in [0.5, 0.6) is 0 Å². The zero-order valence-electron chi connectivity index (χ0n) is 9.74. The predicted octanol–water partition coefficient (Wildman–Crippen LogP) is 1.88. The van der Waals surface area contributed by atoms with Gasteiger partial charge < -0.3 is 0 Å². The Labute approximate surface area is 95.1 Å². The van der Waals surface area contributed by atoms with E-state index >= 15 is 0 Å². The lowest BCUT2D eigenvalue weighted by Gasteiger charge is -2.12. The van der Waals surface area contributed by atoms with Crippen LogP contribution < -0.4 is 0 Å². The van der Waals surface area contributed by atoms with Gasteiger partial charge in [-0.2, -0.15) is 5.10 Å². The van der Waals surface area contributed by atoms with Crippen LogP contribution in [0, 0.1) is 0 Å². The Morgan fingerprint density at radius 3 is 2.69 bits per heavy atom. The summed E-state index contributed by atoms with van der Waals surface area (Å²) < 4.78 is 3.83. The van der Waals surface area contributed by atoms with Crippen LogP contribution in [0.25, 0.3) is 0 Å². The summed E-state index contributed by atoms with van der Waals surface area (Å²) in [7, 11) is 0. The van der Waals surface area contributed by atoms with Crippen molar-refractivity contribution in [3.63, 3.8) is 0 Å². The zero-order chi connectivity index (χ0) is 11.4. The minimum Gasteiger partial charge on any atom is -0.269 e. The van der Waals surface area contributed by atoms with Crippen molar-refractivity contribution in [2.75, 3.05) is 0 Å². The van der Waals surface area contributed by atoms with Crippen LogP contribution in [0.1, 0.15) is 38.4 Å². The van der Waals surface area contributed by atoms with E-state index in [0.717, 1.165) is 18.5 Å². The van der Waals surface area contributed by atoms with Gasteiger partial charge in [-0.3, -0.25) is 4.68 Å². The van der Waals surface area contributed by atoms with Crippen LogP contribution in [-0.4, -0.2) is 24.8 Å². The first-order valence-electron chi connectivity index (χ1n) is 5.71. The minimum atomic E-state index is 0.504. The van der Waals surface area contributed by atoms with E-state index in [1.54, 1.807) is 10.9 Å². The molecule has 2 rings (SSSR count). The van der Waals surface area contributed by atoms with Gasteiger partial charge >= 0.3 is 0 Å². The lowest BCUT2D eigenvalue weighted by Crippen LogP contribution is -2.09. The molecule has 0 unspecified atom stereocenters. The van der Waals surface area contributed by atoms with E-state index in [1.165, 1.54) is 0 Å². The molecule has 0 aromatic carbocycles. The highest BCUT2D eigenvalue weighted by Gasteiger charge is 2.08. The van der Waals surface area contributed by atoms with E-state index in [-0.39, 0.29) is 0 Å². The number of rotatable bonds is 5. The van der Waals surface area contributed by atoms with Crippen molar-refractivity contribution in [3.05, 3.63) is 30.4 Å². The maximum Gasteiger partial charge on any atom is 0.0867 e. The van der Waals surface area contributed by atoms with E-state index in [0.29, 0.717) is 12.6 Å². The fourth-order valence-electron chi connectivity index (χ4n) is 1.81. The Morgan fingerprint density at radius 2 is 2.06 bits per heavy atom. The monoisotopic (exact) mass is 219 g/mol. The van der Waals surface area contributed by atoms with Crippen molar-refractivity contribution in [3.8, 4) is 0 Å². The highest BCUT2D eigenvalue weighted by atomic mass is 15.4. The molecule has 5 heteroatoms. The predicted molar refractivity (Wildman–Crippen MR) is 61.0 cm³/mol. The molecule has 0 atom stereocenters.